The number of H-pyrrole nitrogens is 1. The zero-order chi connectivity index (χ0) is 16.5. The minimum absolute atomic E-state index is 0.0956. The van der Waals surface area contributed by atoms with Crippen LogP contribution < -0.4 is 0 Å². The van der Waals surface area contributed by atoms with Crippen molar-refractivity contribution in [2.45, 2.75) is 13.5 Å². The Bertz CT molecular complexity index is 859. The van der Waals surface area contributed by atoms with Crippen LogP contribution in [0.3, 0.4) is 0 Å². The number of aryl methyl sites for hydroxylation is 1. The molecule has 6 nitrogen and oxygen atoms in total. The van der Waals surface area contributed by atoms with Gasteiger partial charge in [-0.1, -0.05) is 17.3 Å². The molecule has 1 aromatic carbocycles. The molecule has 6 heteroatoms. The summed E-state index contributed by atoms with van der Waals surface area (Å²) in [5.74, 6) is 0.974. The molecule has 1 aliphatic heterocycles. The number of nitrogens with zero attached hydrogens (tertiary/aromatic N) is 3. The molecule has 24 heavy (non-hydrogen) atoms. The van der Waals surface area contributed by atoms with Crippen molar-refractivity contribution in [2.75, 3.05) is 26.2 Å². The number of hydrogen-bond acceptors (Lipinski definition) is 4. The fourth-order valence-corrected chi connectivity index (χ4v) is 3.25. The lowest BCUT2D eigenvalue weighted by molar-refractivity contribution is 0.0619. The summed E-state index contributed by atoms with van der Waals surface area (Å²) in [6.45, 7) is 5.80. The third-order valence-corrected chi connectivity index (χ3v) is 4.53. The Morgan fingerprint density at radius 2 is 2.08 bits per heavy atom. The molecule has 0 radical (unpaired) electrons. The number of piperazine rings is 1. The van der Waals surface area contributed by atoms with Gasteiger partial charge < -0.3 is 14.4 Å². The van der Waals surface area contributed by atoms with Crippen molar-refractivity contribution in [3.63, 3.8) is 0 Å². The molecule has 0 bridgehead atoms. The molecule has 124 valence electrons. The largest absolute Gasteiger partial charge is 0.361 e. The molecule has 1 N–H and O–H groups in total. The van der Waals surface area contributed by atoms with E-state index in [4.69, 9.17) is 4.52 Å². The lowest BCUT2D eigenvalue weighted by atomic mass is 10.1. The van der Waals surface area contributed by atoms with Crippen LogP contribution in [0.1, 0.15) is 21.8 Å². The third kappa shape index (κ3) is 2.80. The van der Waals surface area contributed by atoms with Gasteiger partial charge in [0.1, 0.15) is 0 Å². The van der Waals surface area contributed by atoms with Crippen LogP contribution in [0.2, 0.25) is 0 Å². The van der Waals surface area contributed by atoms with Crippen molar-refractivity contribution in [2.24, 2.45) is 0 Å². The van der Waals surface area contributed by atoms with Crippen molar-refractivity contribution >= 4 is 16.8 Å². The van der Waals surface area contributed by atoms with Crippen LogP contribution >= 0.6 is 0 Å². The van der Waals surface area contributed by atoms with Gasteiger partial charge in [0, 0.05) is 43.8 Å². The standard InChI is InChI=1S/C18H20N4O2/c1-13-11-15(24-20-13)12-21-7-9-22(10-8-21)18(23)16-4-2-3-14-5-6-19-17(14)16/h2-6,11,19H,7-10,12H2,1H3. The van der Waals surface area contributed by atoms with Gasteiger partial charge in [-0.15, -0.1) is 0 Å². The monoisotopic (exact) mass is 324 g/mol. The molecule has 0 saturated carbocycles. The summed E-state index contributed by atoms with van der Waals surface area (Å²) in [6, 6.07) is 9.80. The highest BCUT2D eigenvalue weighted by atomic mass is 16.5. The maximum atomic E-state index is 12.8. The maximum absolute atomic E-state index is 12.8. The number of rotatable bonds is 3. The van der Waals surface area contributed by atoms with E-state index in [1.165, 1.54) is 0 Å². The summed E-state index contributed by atoms with van der Waals surface area (Å²) in [5.41, 5.74) is 2.57. The summed E-state index contributed by atoms with van der Waals surface area (Å²) in [4.78, 5) is 20.2. The maximum Gasteiger partial charge on any atom is 0.256 e. The van der Waals surface area contributed by atoms with E-state index < -0.39 is 0 Å². The van der Waals surface area contributed by atoms with E-state index in [0.717, 1.165) is 60.6 Å². The summed E-state index contributed by atoms with van der Waals surface area (Å²) in [7, 11) is 0. The molecule has 0 spiro atoms. The van der Waals surface area contributed by atoms with Crippen LogP contribution in [0.25, 0.3) is 10.9 Å². The lowest BCUT2D eigenvalue weighted by Crippen LogP contribution is -2.48. The second kappa shape index (κ2) is 6.13. The first-order valence-corrected chi connectivity index (χ1v) is 8.20. The quantitative estimate of drug-likeness (QED) is 0.803. The van der Waals surface area contributed by atoms with Crippen LogP contribution in [0.15, 0.2) is 41.1 Å². The van der Waals surface area contributed by atoms with Gasteiger partial charge in [-0.3, -0.25) is 9.69 Å². The first-order valence-electron chi connectivity index (χ1n) is 8.20. The average Bonchev–Trinajstić information content (AvgIpc) is 3.23. The van der Waals surface area contributed by atoms with Crippen molar-refractivity contribution in [3.05, 3.63) is 53.5 Å². The number of nitrogens with one attached hydrogen (secondary N) is 1. The number of carbonyl (C=O) groups excluding carboxylic acids is 1. The molecule has 1 fully saturated rings. The average molecular weight is 324 g/mol. The highest BCUT2D eigenvalue weighted by Crippen LogP contribution is 2.19. The zero-order valence-electron chi connectivity index (χ0n) is 13.7. The first kappa shape index (κ1) is 15.0. The normalized spacial score (nSPS) is 16.0. The molecule has 1 aliphatic rings. The van der Waals surface area contributed by atoms with Crippen LogP contribution in [0, 0.1) is 6.92 Å². The van der Waals surface area contributed by atoms with Gasteiger partial charge in [-0.05, 0) is 19.1 Å². The Kier molecular flexibility index (Phi) is 3.82. The van der Waals surface area contributed by atoms with Gasteiger partial charge in [0.2, 0.25) is 0 Å². The van der Waals surface area contributed by atoms with E-state index in [1.54, 1.807) is 0 Å². The van der Waals surface area contributed by atoms with E-state index in [9.17, 15) is 4.79 Å². The third-order valence-electron chi connectivity index (χ3n) is 4.53. The second-order valence-corrected chi connectivity index (χ2v) is 6.25. The van der Waals surface area contributed by atoms with E-state index in [-0.39, 0.29) is 5.91 Å². The van der Waals surface area contributed by atoms with Gasteiger partial charge in [-0.2, -0.15) is 0 Å². The van der Waals surface area contributed by atoms with E-state index in [2.05, 4.69) is 15.0 Å². The fourth-order valence-electron chi connectivity index (χ4n) is 3.25. The predicted octanol–water partition coefficient (Wildman–Crippen LogP) is 2.42. The Hall–Kier alpha value is -2.60. The van der Waals surface area contributed by atoms with Crippen LogP contribution in [-0.2, 0) is 6.54 Å². The summed E-state index contributed by atoms with van der Waals surface area (Å²) in [5, 5.41) is 4.99. The second-order valence-electron chi connectivity index (χ2n) is 6.25. The van der Waals surface area contributed by atoms with E-state index in [1.807, 2.05) is 48.4 Å². The Morgan fingerprint density at radius 1 is 1.25 bits per heavy atom. The van der Waals surface area contributed by atoms with Gasteiger partial charge in [0.05, 0.1) is 23.3 Å². The minimum Gasteiger partial charge on any atom is -0.361 e. The van der Waals surface area contributed by atoms with Crippen molar-refractivity contribution in [1.29, 1.82) is 0 Å². The summed E-state index contributed by atoms with van der Waals surface area (Å²) >= 11 is 0. The SMILES string of the molecule is Cc1cc(CN2CCN(C(=O)c3cccc4cc[nH]c34)CC2)on1. The number of aromatic amines is 1. The van der Waals surface area contributed by atoms with Gasteiger partial charge in [-0.25, -0.2) is 0 Å². The number of hydrogen-bond donors (Lipinski definition) is 1. The predicted molar refractivity (Wildman–Crippen MR) is 90.7 cm³/mol. The first-order chi connectivity index (χ1) is 11.7. The molecule has 4 rings (SSSR count). The van der Waals surface area contributed by atoms with Gasteiger partial charge in [0.25, 0.3) is 5.91 Å². The van der Waals surface area contributed by atoms with Crippen LogP contribution in [0.4, 0.5) is 0 Å². The number of carbonyl (C=O) groups is 1. The molecule has 3 heterocycles. The zero-order valence-corrected chi connectivity index (χ0v) is 13.7. The highest BCUT2D eigenvalue weighted by molar-refractivity contribution is 6.05. The molecule has 0 unspecified atom stereocenters. The molecule has 1 amide bonds. The van der Waals surface area contributed by atoms with Crippen molar-refractivity contribution in [3.8, 4) is 0 Å². The Labute approximate surface area is 140 Å². The summed E-state index contributed by atoms with van der Waals surface area (Å²) < 4.78 is 5.27. The number of aromatic nitrogens is 2. The fraction of sp³-hybridized carbons (Fsp3) is 0.333. The number of para-hydroxylation sites is 1. The number of benzene rings is 1. The van der Waals surface area contributed by atoms with Crippen molar-refractivity contribution in [1.82, 2.24) is 19.9 Å². The Balaban J connectivity index is 1.42. The van der Waals surface area contributed by atoms with E-state index in [0.29, 0.717) is 0 Å². The molecule has 3 aromatic rings. The van der Waals surface area contributed by atoms with E-state index >= 15 is 0 Å². The van der Waals surface area contributed by atoms with Crippen LogP contribution in [0.5, 0.6) is 0 Å². The molecule has 0 aliphatic carbocycles. The molecular weight excluding hydrogens is 304 g/mol. The number of amides is 1. The molecule has 1 saturated heterocycles. The highest BCUT2D eigenvalue weighted by Gasteiger charge is 2.24. The summed E-state index contributed by atoms with van der Waals surface area (Å²) in [6.07, 6.45) is 1.87. The minimum atomic E-state index is 0.0956. The Morgan fingerprint density at radius 3 is 2.83 bits per heavy atom. The molecule has 0 atom stereocenters. The number of fused-ring (bicyclic) bond motifs is 1. The molecular formula is C18H20N4O2. The van der Waals surface area contributed by atoms with Gasteiger partial charge in [0.15, 0.2) is 5.76 Å². The van der Waals surface area contributed by atoms with Gasteiger partial charge >= 0.3 is 0 Å². The lowest BCUT2D eigenvalue weighted by Gasteiger charge is -2.34. The molecule has 2 aromatic heterocycles. The van der Waals surface area contributed by atoms with Crippen molar-refractivity contribution < 1.29 is 9.32 Å². The topological polar surface area (TPSA) is 65.4 Å². The smallest absolute Gasteiger partial charge is 0.256 e. The van der Waals surface area contributed by atoms with Crippen LogP contribution in [-0.4, -0.2) is 52.0 Å².